The van der Waals surface area contributed by atoms with Gasteiger partial charge in [0.15, 0.2) is 0 Å². The second-order valence-electron chi connectivity index (χ2n) is 12.7. The van der Waals surface area contributed by atoms with Crippen LogP contribution in [0.2, 0.25) is 0 Å². The van der Waals surface area contributed by atoms with E-state index in [1.54, 1.807) is 4.57 Å². The van der Waals surface area contributed by atoms with Gasteiger partial charge in [-0.3, -0.25) is 0 Å². The molecule has 0 bridgehead atoms. The summed E-state index contributed by atoms with van der Waals surface area (Å²) in [6.45, 7) is 0. The van der Waals surface area contributed by atoms with Gasteiger partial charge in [0.1, 0.15) is 0 Å². The summed E-state index contributed by atoms with van der Waals surface area (Å²) >= 11 is -3.98. The average molecular weight is 766 g/mol. The van der Waals surface area contributed by atoms with Crippen LogP contribution in [0, 0.1) is 0 Å². The summed E-state index contributed by atoms with van der Waals surface area (Å²) in [7, 11) is 0. The Bertz CT molecular complexity index is 3140. The molecule has 2 aromatic heterocycles. The molecule has 0 aliphatic carbocycles. The number of fused-ring (bicyclic) bond motifs is 6. The van der Waals surface area contributed by atoms with Crippen molar-refractivity contribution in [3.63, 3.8) is 0 Å². The number of para-hydroxylation sites is 3. The fraction of sp³-hybridized carbons (Fsp3) is 0. The van der Waals surface area contributed by atoms with Gasteiger partial charge in [0, 0.05) is 0 Å². The van der Waals surface area contributed by atoms with Gasteiger partial charge >= 0.3 is 294 Å². The number of hydrogen-bond acceptors (Lipinski definition) is 0. The second-order valence-corrected chi connectivity index (χ2v) is 23.6. The molecule has 2 nitrogen and oxygen atoms in total. The summed E-state index contributed by atoms with van der Waals surface area (Å²) in [5, 5.41) is 1.96. The van der Waals surface area contributed by atoms with Gasteiger partial charge in [-0.25, -0.2) is 0 Å². The van der Waals surface area contributed by atoms with Crippen LogP contribution in [-0.2, 0) is 0 Å². The normalized spacial score (nSPS) is 14.1. The zero-order valence-electron chi connectivity index (χ0n) is 35.4. The maximum atomic E-state index is 9.04. The molecule has 0 radical (unpaired) electrons. The van der Waals surface area contributed by atoms with Crippen LogP contribution in [0.1, 0.15) is 11.0 Å². The molecule has 0 saturated carbocycles. The second kappa shape index (κ2) is 12.2. The average Bonchev–Trinajstić information content (AvgIpc) is 3.82. The molecule has 10 aromatic rings. The van der Waals surface area contributed by atoms with Crippen LogP contribution in [0.25, 0.3) is 55.0 Å². The van der Waals surface area contributed by atoms with Crippen LogP contribution in [0.5, 0.6) is 0 Å². The van der Waals surface area contributed by atoms with Gasteiger partial charge in [-0.2, -0.15) is 0 Å². The molecule has 10 rings (SSSR count). The third kappa shape index (κ3) is 4.63. The minimum atomic E-state index is -3.98. The van der Waals surface area contributed by atoms with E-state index in [1.165, 1.54) is 14.3 Å². The van der Waals surface area contributed by atoms with Gasteiger partial charge < -0.3 is 0 Å². The summed E-state index contributed by atoms with van der Waals surface area (Å²) in [6, 6.07) is 52.4. The van der Waals surface area contributed by atoms with Crippen LogP contribution in [0.3, 0.4) is 0 Å². The third-order valence-electron chi connectivity index (χ3n) is 10.1. The Morgan fingerprint density at radius 3 is 1.41 bits per heavy atom. The third-order valence-corrected chi connectivity index (χ3v) is 23.7. The van der Waals surface area contributed by atoms with Crippen molar-refractivity contribution in [2.45, 2.75) is 0 Å². The Morgan fingerprint density at radius 1 is 0.333 bits per heavy atom. The molecule has 0 aliphatic rings. The Kier molecular flexibility index (Phi) is 5.45. The molecule has 0 N–H and O–H groups in total. The van der Waals surface area contributed by atoms with E-state index in [9.17, 15) is 0 Å². The first kappa shape index (κ1) is 22.8. The zero-order valence-corrected chi connectivity index (χ0v) is 30.3. The molecule has 3 heteroatoms. The van der Waals surface area contributed by atoms with E-state index in [0.717, 1.165) is 27.5 Å². The Morgan fingerprint density at radius 2 is 0.804 bits per heavy atom. The molecule has 0 spiro atoms. The summed E-state index contributed by atoms with van der Waals surface area (Å²) < 4.78 is 79.1. The van der Waals surface area contributed by atoms with Crippen molar-refractivity contribution < 1.29 is 11.0 Å². The van der Waals surface area contributed by atoms with E-state index >= 15 is 0 Å². The van der Waals surface area contributed by atoms with Crippen molar-refractivity contribution >= 4 is 76.3 Å². The topological polar surface area (TPSA) is 9.86 Å². The van der Waals surface area contributed by atoms with Gasteiger partial charge in [0.25, 0.3) is 0 Å². The van der Waals surface area contributed by atoms with E-state index in [4.69, 9.17) is 11.0 Å². The number of aromatic nitrogens is 2. The van der Waals surface area contributed by atoms with Crippen molar-refractivity contribution in [3.8, 4) is 11.4 Å². The predicted octanol–water partition coefficient (Wildman–Crippen LogP) is 9.26. The summed E-state index contributed by atoms with van der Waals surface area (Å²) in [4.78, 5) is 0. The summed E-state index contributed by atoms with van der Waals surface area (Å²) in [5.74, 6) is 0. The first-order chi connectivity index (χ1) is 28.6. The van der Waals surface area contributed by atoms with Gasteiger partial charge in [0.05, 0.1) is 8.22 Å². The van der Waals surface area contributed by atoms with Crippen molar-refractivity contribution in [1.29, 1.82) is 0 Å². The fourth-order valence-electron chi connectivity index (χ4n) is 8.00. The van der Waals surface area contributed by atoms with E-state index in [-0.39, 0.29) is 46.0 Å². The standard InChI is InChI=1S/C30H19N2.3C6H5.Sn/c1-2-10-21(11-3-1)31-29-17-9-6-14-25(29)26-20-22(18-19-30(26)31)32-27-15-7-4-12-23(27)24-13-5-8-16-28(24)32;3*1-2-4-6-5-3-1;/h1-2,4-20H;3*1-5H;/i4D,5D,7D,8D,12D,13D,15D,16D;;;;. The molecular formula is C48H34N2Sn. The monoisotopic (exact) mass is 766 g/mol. The number of nitrogens with zero attached hydrogens (tertiary/aromatic N) is 2. The van der Waals surface area contributed by atoms with Gasteiger partial charge in [-0.1, -0.05) is 12.1 Å². The molecule has 0 unspecified atom stereocenters. The molecule has 51 heavy (non-hydrogen) atoms. The van der Waals surface area contributed by atoms with Gasteiger partial charge in [-0.15, -0.1) is 0 Å². The number of rotatable bonds is 6. The van der Waals surface area contributed by atoms with Crippen molar-refractivity contribution in [2.75, 3.05) is 0 Å². The van der Waals surface area contributed by atoms with Gasteiger partial charge in [-0.05, 0) is 0 Å². The number of hydrogen-bond donors (Lipinski definition) is 0. The first-order valence-electron chi connectivity index (χ1n) is 21.0. The summed E-state index contributed by atoms with van der Waals surface area (Å²) in [6.07, 6.45) is 0. The Labute approximate surface area is 312 Å². The van der Waals surface area contributed by atoms with Crippen molar-refractivity contribution in [3.05, 3.63) is 206 Å². The summed E-state index contributed by atoms with van der Waals surface area (Å²) in [5.41, 5.74) is 3.59. The van der Waals surface area contributed by atoms with E-state index < -0.39 is 42.5 Å². The quantitative estimate of drug-likeness (QED) is 0.150. The van der Waals surface area contributed by atoms with Crippen LogP contribution in [-0.4, -0.2) is 27.5 Å². The predicted molar refractivity (Wildman–Crippen MR) is 219 cm³/mol. The molecule has 8 aromatic carbocycles. The molecule has 0 amide bonds. The van der Waals surface area contributed by atoms with E-state index in [1.807, 2.05) is 30.3 Å². The number of benzene rings is 8. The Balaban J connectivity index is 1.27. The Hall–Kier alpha value is -5.84. The molecule has 0 fully saturated rings. The van der Waals surface area contributed by atoms with Crippen molar-refractivity contribution in [1.82, 2.24) is 9.13 Å². The van der Waals surface area contributed by atoms with Crippen LogP contribution >= 0.6 is 0 Å². The molecule has 240 valence electrons. The molecule has 0 saturated heterocycles. The maximum absolute atomic E-state index is 9.04. The molecular weight excluding hydrogens is 723 g/mol. The fourth-order valence-corrected chi connectivity index (χ4v) is 21.7. The zero-order chi connectivity index (χ0) is 40.7. The first-order valence-corrected chi connectivity index (χ1v) is 22.7. The van der Waals surface area contributed by atoms with Crippen LogP contribution < -0.4 is 14.3 Å². The SMILES string of the molecule is [2H]c1c([2H])c([2H])c2c(c1[2H])c1c([2H])c([2H])c([2H])c([2H])c1n2-c1ccc2c(c1)c1ccccc1n2-c1ccc[c]([Sn]([c]2ccccc2)([c]2ccccc2)[c]2ccccc2)c1. The van der Waals surface area contributed by atoms with Gasteiger partial charge in [0.2, 0.25) is 0 Å². The van der Waals surface area contributed by atoms with E-state index in [0.29, 0.717) is 5.69 Å². The molecule has 0 atom stereocenters. The van der Waals surface area contributed by atoms with E-state index in [2.05, 4.69) is 132 Å². The molecule has 2 heterocycles. The van der Waals surface area contributed by atoms with Crippen LogP contribution in [0.4, 0.5) is 0 Å². The molecule has 0 aliphatic heterocycles. The van der Waals surface area contributed by atoms with Crippen molar-refractivity contribution in [2.24, 2.45) is 0 Å². The minimum absolute atomic E-state index is 0.0578. The van der Waals surface area contributed by atoms with Crippen LogP contribution in [0.15, 0.2) is 206 Å².